The van der Waals surface area contributed by atoms with Gasteiger partial charge in [-0.2, -0.15) is 5.10 Å². The Morgan fingerprint density at radius 1 is 1.32 bits per heavy atom. The second kappa shape index (κ2) is 5.98. The van der Waals surface area contributed by atoms with E-state index < -0.39 is 0 Å². The molecule has 2 amide bonds. The molecule has 1 saturated heterocycles. The quantitative estimate of drug-likeness (QED) is 0.907. The van der Waals surface area contributed by atoms with E-state index in [-0.39, 0.29) is 17.9 Å². The molecule has 3 heterocycles. The van der Waals surface area contributed by atoms with Gasteiger partial charge in [-0.25, -0.2) is 4.98 Å². The van der Waals surface area contributed by atoms with Crippen molar-refractivity contribution in [2.45, 2.75) is 38.6 Å². The molecule has 130 valence electrons. The first-order valence-corrected chi connectivity index (χ1v) is 8.64. The zero-order valence-electron chi connectivity index (χ0n) is 14.5. The van der Waals surface area contributed by atoms with Gasteiger partial charge in [-0.1, -0.05) is 0 Å². The van der Waals surface area contributed by atoms with E-state index in [0.29, 0.717) is 30.8 Å². The van der Waals surface area contributed by atoms with Crippen LogP contribution in [-0.4, -0.2) is 45.5 Å². The number of carbonyl (C=O) groups is 2. The van der Waals surface area contributed by atoms with E-state index >= 15 is 0 Å². The van der Waals surface area contributed by atoms with Crippen LogP contribution in [0.4, 0.5) is 5.69 Å². The summed E-state index contributed by atoms with van der Waals surface area (Å²) in [6.07, 6.45) is 3.00. The molecule has 2 aliphatic heterocycles. The van der Waals surface area contributed by atoms with E-state index in [1.165, 1.54) is 0 Å². The van der Waals surface area contributed by atoms with Gasteiger partial charge in [0.05, 0.1) is 6.04 Å². The third kappa shape index (κ3) is 2.69. The standard InChI is InChI=1S/C18H21N5O2/c1-11-19-17(21-20-11)15-4-3-9-23(15)18(25)13-5-7-14-12(10-13)6-8-16(24)22(14)2/h5,7,10,15H,3-4,6,8-9H2,1-2H3,(H,19,20,21)/t15-/m1/s1. The lowest BCUT2D eigenvalue weighted by Gasteiger charge is -2.27. The molecular formula is C18H21N5O2. The number of H-pyrrole nitrogens is 1. The average molecular weight is 339 g/mol. The highest BCUT2D eigenvalue weighted by atomic mass is 16.2. The Hall–Kier alpha value is -2.70. The van der Waals surface area contributed by atoms with Crippen molar-refractivity contribution in [2.75, 3.05) is 18.5 Å². The molecule has 1 fully saturated rings. The number of amides is 2. The Morgan fingerprint density at radius 2 is 2.16 bits per heavy atom. The number of benzene rings is 1. The van der Waals surface area contributed by atoms with Crippen molar-refractivity contribution in [2.24, 2.45) is 0 Å². The fourth-order valence-electron chi connectivity index (χ4n) is 3.74. The van der Waals surface area contributed by atoms with Gasteiger partial charge in [-0.15, -0.1) is 0 Å². The first kappa shape index (κ1) is 15.8. The van der Waals surface area contributed by atoms with Crippen LogP contribution < -0.4 is 4.90 Å². The molecule has 7 heteroatoms. The van der Waals surface area contributed by atoms with Gasteiger partial charge in [0.15, 0.2) is 5.82 Å². The first-order chi connectivity index (χ1) is 12.0. The summed E-state index contributed by atoms with van der Waals surface area (Å²) < 4.78 is 0. The molecule has 0 aliphatic carbocycles. The van der Waals surface area contributed by atoms with Crippen LogP contribution in [0.15, 0.2) is 18.2 Å². The lowest BCUT2D eigenvalue weighted by molar-refractivity contribution is -0.118. The number of carbonyl (C=O) groups excluding carboxylic acids is 2. The lowest BCUT2D eigenvalue weighted by Crippen LogP contribution is -2.33. The monoisotopic (exact) mass is 339 g/mol. The molecule has 2 aromatic rings. The fourth-order valence-corrected chi connectivity index (χ4v) is 3.74. The zero-order chi connectivity index (χ0) is 17.6. The number of anilines is 1. The van der Waals surface area contributed by atoms with Crippen LogP contribution >= 0.6 is 0 Å². The van der Waals surface area contributed by atoms with Crippen molar-refractivity contribution in [3.63, 3.8) is 0 Å². The SMILES string of the molecule is Cc1nc([C@H]2CCCN2C(=O)c2ccc3c(c2)CCC(=O)N3C)n[nH]1. The Balaban J connectivity index is 1.61. The summed E-state index contributed by atoms with van der Waals surface area (Å²) in [6, 6.07) is 5.55. The molecule has 25 heavy (non-hydrogen) atoms. The number of fused-ring (bicyclic) bond motifs is 1. The molecule has 0 radical (unpaired) electrons. The van der Waals surface area contributed by atoms with Crippen molar-refractivity contribution in [1.29, 1.82) is 0 Å². The topological polar surface area (TPSA) is 82.2 Å². The van der Waals surface area contributed by atoms with Crippen LogP contribution in [0.3, 0.4) is 0 Å². The van der Waals surface area contributed by atoms with Gasteiger partial charge in [0.1, 0.15) is 5.82 Å². The maximum Gasteiger partial charge on any atom is 0.254 e. The Labute approximate surface area is 146 Å². The summed E-state index contributed by atoms with van der Waals surface area (Å²) in [7, 11) is 1.78. The highest BCUT2D eigenvalue weighted by molar-refractivity contribution is 5.99. The number of aryl methyl sites for hydroxylation is 2. The molecule has 1 aromatic carbocycles. The van der Waals surface area contributed by atoms with E-state index in [2.05, 4.69) is 15.2 Å². The van der Waals surface area contributed by atoms with Crippen molar-refractivity contribution in [3.8, 4) is 0 Å². The van der Waals surface area contributed by atoms with E-state index in [9.17, 15) is 9.59 Å². The van der Waals surface area contributed by atoms with Gasteiger partial charge in [-0.05, 0) is 49.9 Å². The average Bonchev–Trinajstić information content (AvgIpc) is 3.26. The first-order valence-electron chi connectivity index (χ1n) is 8.64. The van der Waals surface area contributed by atoms with Crippen LogP contribution in [0.2, 0.25) is 0 Å². The fraction of sp³-hybridized carbons (Fsp3) is 0.444. The van der Waals surface area contributed by atoms with E-state index in [0.717, 1.165) is 29.9 Å². The summed E-state index contributed by atoms with van der Waals surface area (Å²) in [4.78, 5) is 32.8. The van der Waals surface area contributed by atoms with Crippen molar-refractivity contribution >= 4 is 17.5 Å². The van der Waals surface area contributed by atoms with E-state index in [1.807, 2.05) is 30.0 Å². The van der Waals surface area contributed by atoms with Gasteiger partial charge >= 0.3 is 0 Å². The molecular weight excluding hydrogens is 318 g/mol. The number of hydrogen-bond donors (Lipinski definition) is 1. The van der Waals surface area contributed by atoms with Gasteiger partial charge in [0.25, 0.3) is 5.91 Å². The molecule has 0 saturated carbocycles. The van der Waals surface area contributed by atoms with Crippen LogP contribution in [0.5, 0.6) is 0 Å². The molecule has 0 spiro atoms. The molecule has 1 atom stereocenters. The van der Waals surface area contributed by atoms with Gasteiger partial charge in [0, 0.05) is 31.3 Å². The predicted molar refractivity (Wildman–Crippen MR) is 92.3 cm³/mol. The lowest BCUT2D eigenvalue weighted by atomic mass is 9.98. The van der Waals surface area contributed by atoms with E-state index in [4.69, 9.17) is 0 Å². The smallest absolute Gasteiger partial charge is 0.254 e. The number of aromatic nitrogens is 3. The third-order valence-electron chi connectivity index (χ3n) is 5.10. The molecule has 7 nitrogen and oxygen atoms in total. The molecule has 4 rings (SSSR count). The zero-order valence-corrected chi connectivity index (χ0v) is 14.5. The Kier molecular flexibility index (Phi) is 3.78. The molecule has 0 unspecified atom stereocenters. The number of hydrogen-bond acceptors (Lipinski definition) is 4. The van der Waals surface area contributed by atoms with Crippen molar-refractivity contribution < 1.29 is 9.59 Å². The molecule has 1 N–H and O–H groups in total. The Morgan fingerprint density at radius 3 is 2.92 bits per heavy atom. The molecule has 1 aromatic heterocycles. The highest BCUT2D eigenvalue weighted by Crippen LogP contribution is 2.33. The summed E-state index contributed by atoms with van der Waals surface area (Å²) in [6.45, 7) is 2.57. The highest BCUT2D eigenvalue weighted by Gasteiger charge is 2.33. The largest absolute Gasteiger partial charge is 0.328 e. The number of aromatic amines is 1. The number of rotatable bonds is 2. The van der Waals surface area contributed by atoms with Gasteiger partial charge < -0.3 is 9.80 Å². The van der Waals surface area contributed by atoms with Gasteiger partial charge in [0.2, 0.25) is 5.91 Å². The molecule has 0 bridgehead atoms. The number of likely N-dealkylation sites (tertiary alicyclic amines) is 1. The van der Waals surface area contributed by atoms with Crippen LogP contribution in [0, 0.1) is 6.92 Å². The minimum atomic E-state index is -0.0715. The third-order valence-corrected chi connectivity index (χ3v) is 5.10. The van der Waals surface area contributed by atoms with Gasteiger partial charge in [-0.3, -0.25) is 14.7 Å². The number of nitrogens with one attached hydrogen (secondary N) is 1. The van der Waals surface area contributed by atoms with Crippen LogP contribution in [-0.2, 0) is 11.2 Å². The Bertz CT molecular complexity index is 844. The maximum absolute atomic E-state index is 13.0. The maximum atomic E-state index is 13.0. The second-order valence-electron chi connectivity index (χ2n) is 6.73. The predicted octanol–water partition coefficient (Wildman–Crippen LogP) is 2.00. The second-order valence-corrected chi connectivity index (χ2v) is 6.73. The minimum Gasteiger partial charge on any atom is -0.328 e. The van der Waals surface area contributed by atoms with Crippen molar-refractivity contribution in [1.82, 2.24) is 20.1 Å². The minimum absolute atomic E-state index is 0.00676. The summed E-state index contributed by atoms with van der Waals surface area (Å²) >= 11 is 0. The van der Waals surface area contributed by atoms with Crippen LogP contribution in [0.1, 0.15) is 52.9 Å². The normalized spacial score (nSPS) is 20.1. The number of nitrogens with zero attached hydrogens (tertiary/aromatic N) is 4. The summed E-state index contributed by atoms with van der Waals surface area (Å²) in [5, 5.41) is 7.10. The molecule has 2 aliphatic rings. The summed E-state index contributed by atoms with van der Waals surface area (Å²) in [5.41, 5.74) is 2.62. The summed E-state index contributed by atoms with van der Waals surface area (Å²) in [5.74, 6) is 1.57. The van der Waals surface area contributed by atoms with E-state index in [1.54, 1.807) is 11.9 Å². The van der Waals surface area contributed by atoms with Crippen LogP contribution in [0.25, 0.3) is 0 Å². The van der Waals surface area contributed by atoms with Crippen molar-refractivity contribution in [3.05, 3.63) is 41.0 Å².